The van der Waals surface area contributed by atoms with Crippen LogP contribution in [0.5, 0.6) is 0 Å². The van der Waals surface area contributed by atoms with Crippen LogP contribution in [0, 0.1) is 0 Å². The molecule has 5 nitrogen and oxygen atoms in total. The molecule has 0 aliphatic rings. The first kappa shape index (κ1) is 8.80. The minimum Gasteiger partial charge on any atom is -0.394 e. The number of hydrogen-bond donors (Lipinski definition) is 3. The van der Waals surface area contributed by atoms with Gasteiger partial charge < -0.3 is 10.7 Å². The Balaban J connectivity index is 2.89. The highest BCUT2D eigenvalue weighted by Gasteiger charge is 2.13. The number of fused-ring (bicyclic) bond motifs is 1. The average molecular weight is 192 g/mol. The Morgan fingerprint density at radius 1 is 1.50 bits per heavy atom. The van der Waals surface area contributed by atoms with Crippen LogP contribution in [-0.4, -0.2) is 15.2 Å². The Labute approximate surface area is 80.3 Å². The zero-order valence-electron chi connectivity index (χ0n) is 8.09. The van der Waals surface area contributed by atoms with E-state index in [1.165, 1.54) is 6.20 Å². The lowest BCUT2D eigenvalue weighted by molar-refractivity contribution is 0.817. The van der Waals surface area contributed by atoms with Crippen LogP contribution < -0.4 is 11.2 Å². The van der Waals surface area contributed by atoms with E-state index in [4.69, 9.17) is 5.73 Å². The van der Waals surface area contributed by atoms with Gasteiger partial charge in [-0.1, -0.05) is 13.8 Å². The fraction of sp³-hybridized carbons (Fsp3) is 0.333. The number of pyridine rings is 1. The van der Waals surface area contributed by atoms with Crippen LogP contribution >= 0.6 is 0 Å². The molecule has 0 fully saturated rings. The van der Waals surface area contributed by atoms with Crippen LogP contribution in [0.2, 0.25) is 0 Å². The Morgan fingerprint density at radius 2 is 2.21 bits per heavy atom. The topological polar surface area (TPSA) is 87.6 Å². The number of aromatic nitrogens is 3. The summed E-state index contributed by atoms with van der Waals surface area (Å²) in [5, 5.41) is 7.42. The summed E-state index contributed by atoms with van der Waals surface area (Å²) in [6.45, 7) is 3.99. The zero-order valence-corrected chi connectivity index (χ0v) is 8.09. The zero-order chi connectivity index (χ0) is 10.3. The molecule has 14 heavy (non-hydrogen) atoms. The third kappa shape index (κ3) is 1.09. The predicted octanol–water partition coefficient (Wildman–Crippen LogP) is 0.957. The molecule has 2 rings (SSSR count). The first-order valence-corrected chi connectivity index (χ1v) is 4.46. The molecule has 0 aliphatic heterocycles. The molecule has 2 heterocycles. The Hall–Kier alpha value is -1.78. The number of hydrogen-bond acceptors (Lipinski definition) is 3. The number of H-pyrrole nitrogens is 2. The molecule has 5 heteroatoms. The quantitative estimate of drug-likeness (QED) is 0.628. The number of nitrogens with one attached hydrogen (secondary N) is 2. The molecule has 0 spiro atoms. The van der Waals surface area contributed by atoms with Gasteiger partial charge in [-0.05, 0) is 5.92 Å². The van der Waals surface area contributed by atoms with Crippen molar-refractivity contribution in [3.63, 3.8) is 0 Å². The van der Waals surface area contributed by atoms with Crippen molar-refractivity contribution in [1.29, 1.82) is 0 Å². The SMILES string of the molecule is CC(C)c1[nH]nc2[nH]cc(N)c(=O)c12. The molecular formula is C9H12N4O. The molecule has 2 aromatic heterocycles. The van der Waals surface area contributed by atoms with Crippen molar-refractivity contribution in [3.05, 3.63) is 22.1 Å². The third-order valence-electron chi connectivity index (χ3n) is 2.23. The average Bonchev–Trinajstić information content (AvgIpc) is 2.55. The highest BCUT2D eigenvalue weighted by Crippen LogP contribution is 2.18. The van der Waals surface area contributed by atoms with E-state index in [9.17, 15) is 4.79 Å². The van der Waals surface area contributed by atoms with E-state index in [1.54, 1.807) is 0 Å². The second-order valence-corrected chi connectivity index (χ2v) is 3.59. The molecule has 0 aromatic carbocycles. The maximum atomic E-state index is 11.7. The molecule has 4 N–H and O–H groups in total. The molecule has 0 aliphatic carbocycles. The minimum absolute atomic E-state index is 0.156. The summed E-state index contributed by atoms with van der Waals surface area (Å²) in [7, 11) is 0. The van der Waals surface area contributed by atoms with Crippen molar-refractivity contribution >= 4 is 16.7 Å². The lowest BCUT2D eigenvalue weighted by atomic mass is 10.1. The number of nitrogen functional groups attached to an aromatic ring is 1. The molecule has 0 saturated heterocycles. The number of nitrogens with two attached hydrogens (primary N) is 1. The Bertz CT molecular complexity index is 523. The van der Waals surface area contributed by atoms with Crippen molar-refractivity contribution in [2.45, 2.75) is 19.8 Å². The normalized spacial score (nSPS) is 11.4. The molecule has 0 bridgehead atoms. The van der Waals surface area contributed by atoms with Crippen molar-refractivity contribution in [2.75, 3.05) is 5.73 Å². The summed E-state index contributed by atoms with van der Waals surface area (Å²) in [5.74, 6) is 0.225. The molecule has 0 radical (unpaired) electrons. The third-order valence-corrected chi connectivity index (χ3v) is 2.23. The predicted molar refractivity (Wildman–Crippen MR) is 55.2 cm³/mol. The van der Waals surface area contributed by atoms with E-state index in [0.29, 0.717) is 11.0 Å². The van der Waals surface area contributed by atoms with Gasteiger partial charge in [-0.2, -0.15) is 5.10 Å². The van der Waals surface area contributed by atoms with E-state index in [1.807, 2.05) is 13.8 Å². The molecule has 0 amide bonds. The van der Waals surface area contributed by atoms with Crippen molar-refractivity contribution < 1.29 is 0 Å². The summed E-state index contributed by atoms with van der Waals surface area (Å²) >= 11 is 0. The van der Waals surface area contributed by atoms with Crippen LogP contribution in [0.15, 0.2) is 11.0 Å². The Kier molecular flexibility index (Phi) is 1.80. The summed E-state index contributed by atoms with van der Waals surface area (Å²) in [4.78, 5) is 14.6. The Morgan fingerprint density at radius 3 is 2.86 bits per heavy atom. The van der Waals surface area contributed by atoms with Gasteiger partial charge in [-0.25, -0.2) is 0 Å². The number of rotatable bonds is 1. The first-order valence-electron chi connectivity index (χ1n) is 4.46. The minimum atomic E-state index is -0.156. The molecule has 2 aromatic rings. The summed E-state index contributed by atoms with van der Waals surface area (Å²) < 4.78 is 0. The number of nitrogens with zero attached hydrogens (tertiary/aromatic N) is 1. The van der Waals surface area contributed by atoms with E-state index in [-0.39, 0.29) is 17.0 Å². The number of anilines is 1. The maximum Gasteiger partial charge on any atom is 0.215 e. The monoisotopic (exact) mass is 192 g/mol. The van der Waals surface area contributed by atoms with Crippen molar-refractivity contribution in [2.24, 2.45) is 0 Å². The summed E-state index contributed by atoms with van der Waals surface area (Å²) in [6.07, 6.45) is 1.47. The van der Waals surface area contributed by atoms with E-state index >= 15 is 0 Å². The van der Waals surface area contributed by atoms with Gasteiger partial charge in [-0.15, -0.1) is 0 Å². The van der Waals surface area contributed by atoms with Crippen LogP contribution in [-0.2, 0) is 0 Å². The molecular weight excluding hydrogens is 180 g/mol. The highest BCUT2D eigenvalue weighted by atomic mass is 16.1. The van der Waals surface area contributed by atoms with Crippen LogP contribution in [0.1, 0.15) is 25.5 Å². The van der Waals surface area contributed by atoms with Crippen LogP contribution in [0.4, 0.5) is 5.69 Å². The number of aromatic amines is 2. The first-order chi connectivity index (χ1) is 6.61. The van der Waals surface area contributed by atoms with Gasteiger partial charge in [0.05, 0.1) is 16.8 Å². The summed E-state index contributed by atoms with van der Waals surface area (Å²) in [5.41, 5.74) is 6.99. The van der Waals surface area contributed by atoms with E-state index in [0.717, 1.165) is 5.69 Å². The lowest BCUT2D eigenvalue weighted by Gasteiger charge is -2.00. The van der Waals surface area contributed by atoms with Gasteiger partial charge in [0, 0.05) is 6.20 Å². The van der Waals surface area contributed by atoms with Gasteiger partial charge >= 0.3 is 0 Å². The fourth-order valence-corrected chi connectivity index (χ4v) is 1.46. The molecule has 0 saturated carbocycles. The smallest absolute Gasteiger partial charge is 0.215 e. The van der Waals surface area contributed by atoms with E-state index < -0.39 is 0 Å². The molecule has 0 unspecified atom stereocenters. The second kappa shape index (κ2) is 2.87. The van der Waals surface area contributed by atoms with Gasteiger partial charge in [0.25, 0.3) is 0 Å². The van der Waals surface area contributed by atoms with Gasteiger partial charge in [0.15, 0.2) is 5.65 Å². The standard InChI is InChI=1S/C9H12N4O/c1-4(2)7-6-8(14)5(10)3-11-9(6)13-12-7/h3-4H,10H2,1-2H3,(H2,11,12,13,14). The summed E-state index contributed by atoms with van der Waals surface area (Å²) in [6, 6.07) is 0. The van der Waals surface area contributed by atoms with E-state index in [2.05, 4.69) is 15.2 Å². The van der Waals surface area contributed by atoms with Crippen molar-refractivity contribution in [3.8, 4) is 0 Å². The van der Waals surface area contributed by atoms with Gasteiger partial charge in [0.1, 0.15) is 0 Å². The van der Waals surface area contributed by atoms with Gasteiger partial charge in [-0.3, -0.25) is 9.89 Å². The van der Waals surface area contributed by atoms with Gasteiger partial charge in [0.2, 0.25) is 5.43 Å². The second-order valence-electron chi connectivity index (χ2n) is 3.59. The highest BCUT2D eigenvalue weighted by molar-refractivity contribution is 5.80. The van der Waals surface area contributed by atoms with Crippen molar-refractivity contribution in [1.82, 2.24) is 15.2 Å². The van der Waals surface area contributed by atoms with Crippen LogP contribution in [0.25, 0.3) is 11.0 Å². The van der Waals surface area contributed by atoms with Crippen LogP contribution in [0.3, 0.4) is 0 Å². The maximum absolute atomic E-state index is 11.7. The largest absolute Gasteiger partial charge is 0.394 e. The molecule has 0 atom stereocenters. The molecule has 74 valence electrons. The lowest BCUT2D eigenvalue weighted by Crippen LogP contribution is -2.09. The fourth-order valence-electron chi connectivity index (χ4n) is 1.46.